The number of nitrogens with two attached hydrogens (primary N) is 1. The average molecular weight is 258 g/mol. The van der Waals surface area contributed by atoms with Crippen LogP contribution in [0.3, 0.4) is 0 Å². The van der Waals surface area contributed by atoms with E-state index >= 15 is 0 Å². The van der Waals surface area contributed by atoms with E-state index in [1.807, 2.05) is 0 Å². The Bertz CT molecular complexity index is 248. The Morgan fingerprint density at radius 3 is 2.61 bits per heavy atom. The summed E-state index contributed by atoms with van der Waals surface area (Å²) < 4.78 is 11.3. The molecule has 0 saturated carbocycles. The Labute approximate surface area is 112 Å². The summed E-state index contributed by atoms with van der Waals surface area (Å²) in [5, 5.41) is 0. The maximum atomic E-state index is 6.13. The summed E-state index contributed by atoms with van der Waals surface area (Å²) in [6, 6.07) is 0.447. The van der Waals surface area contributed by atoms with E-state index in [-0.39, 0.29) is 11.6 Å². The van der Waals surface area contributed by atoms with Crippen LogP contribution in [0.1, 0.15) is 34.1 Å². The van der Waals surface area contributed by atoms with E-state index in [1.54, 1.807) is 7.11 Å². The van der Waals surface area contributed by atoms with Gasteiger partial charge in [0.1, 0.15) is 0 Å². The highest BCUT2D eigenvalue weighted by atomic mass is 16.5. The number of ether oxygens (including phenoxy) is 2. The first-order chi connectivity index (χ1) is 8.51. The van der Waals surface area contributed by atoms with Crippen molar-refractivity contribution in [2.45, 2.75) is 51.8 Å². The minimum atomic E-state index is -0.0759. The molecule has 2 N–H and O–H groups in total. The van der Waals surface area contributed by atoms with Gasteiger partial charge >= 0.3 is 0 Å². The molecule has 0 aliphatic carbocycles. The first-order valence-electron chi connectivity index (χ1n) is 7.09. The lowest BCUT2D eigenvalue weighted by Gasteiger charge is -2.52. The minimum absolute atomic E-state index is 0.0759. The topological polar surface area (TPSA) is 47.7 Å². The van der Waals surface area contributed by atoms with Crippen LogP contribution in [0, 0.1) is 5.92 Å². The number of rotatable bonds is 6. The Kier molecular flexibility index (Phi) is 6.05. The fraction of sp³-hybridized carbons (Fsp3) is 1.00. The summed E-state index contributed by atoms with van der Waals surface area (Å²) in [6.45, 7) is 11.9. The SMILES string of the molecule is CCC1COC(C)CN1C(CN)(COC)C(C)C. The van der Waals surface area contributed by atoms with Crippen molar-refractivity contribution >= 4 is 0 Å². The van der Waals surface area contributed by atoms with Crippen molar-refractivity contribution < 1.29 is 9.47 Å². The van der Waals surface area contributed by atoms with Gasteiger partial charge in [0.05, 0.1) is 24.9 Å². The van der Waals surface area contributed by atoms with Crippen LogP contribution < -0.4 is 5.73 Å². The van der Waals surface area contributed by atoms with Gasteiger partial charge in [-0.25, -0.2) is 0 Å². The van der Waals surface area contributed by atoms with E-state index in [0.717, 1.165) is 19.6 Å². The summed E-state index contributed by atoms with van der Waals surface area (Å²) in [5.74, 6) is 0.460. The maximum Gasteiger partial charge on any atom is 0.0675 e. The lowest BCUT2D eigenvalue weighted by molar-refractivity contribution is -0.127. The number of morpholine rings is 1. The maximum absolute atomic E-state index is 6.13. The second-order valence-electron chi connectivity index (χ2n) is 5.75. The van der Waals surface area contributed by atoms with E-state index in [2.05, 4.69) is 32.6 Å². The third-order valence-corrected chi connectivity index (χ3v) is 4.33. The van der Waals surface area contributed by atoms with Gasteiger partial charge in [-0.2, -0.15) is 0 Å². The first kappa shape index (κ1) is 15.9. The number of methoxy groups -OCH3 is 1. The van der Waals surface area contributed by atoms with Crippen LogP contribution >= 0.6 is 0 Å². The molecule has 0 spiro atoms. The molecule has 0 aromatic heterocycles. The van der Waals surface area contributed by atoms with Gasteiger partial charge in [0.15, 0.2) is 0 Å². The predicted octanol–water partition coefficient (Wildman–Crippen LogP) is 1.49. The molecule has 0 aromatic rings. The molecule has 0 aromatic carbocycles. The molecule has 18 heavy (non-hydrogen) atoms. The van der Waals surface area contributed by atoms with Crippen LogP contribution in [0.2, 0.25) is 0 Å². The second-order valence-corrected chi connectivity index (χ2v) is 5.75. The van der Waals surface area contributed by atoms with Gasteiger partial charge in [0.25, 0.3) is 0 Å². The standard InChI is InChI=1S/C14H30N2O2/c1-6-13-8-18-12(4)7-16(13)14(9-15,10-17-5)11(2)3/h11-13H,6-10,15H2,1-5H3. The van der Waals surface area contributed by atoms with Crippen molar-refractivity contribution in [3.05, 3.63) is 0 Å². The Morgan fingerprint density at radius 1 is 1.50 bits per heavy atom. The summed E-state index contributed by atoms with van der Waals surface area (Å²) in [5.41, 5.74) is 6.05. The van der Waals surface area contributed by atoms with Gasteiger partial charge in [-0.05, 0) is 19.3 Å². The highest BCUT2D eigenvalue weighted by Gasteiger charge is 2.44. The molecule has 1 fully saturated rings. The molecule has 0 bridgehead atoms. The molecule has 3 unspecified atom stereocenters. The quantitative estimate of drug-likeness (QED) is 0.784. The van der Waals surface area contributed by atoms with Gasteiger partial charge in [-0.15, -0.1) is 0 Å². The van der Waals surface area contributed by atoms with Crippen LogP contribution in [0.4, 0.5) is 0 Å². The molecule has 1 saturated heterocycles. The molecule has 1 aliphatic rings. The third kappa shape index (κ3) is 3.05. The molecule has 4 nitrogen and oxygen atoms in total. The molecule has 0 amide bonds. The summed E-state index contributed by atoms with van der Waals surface area (Å²) >= 11 is 0. The van der Waals surface area contributed by atoms with Gasteiger partial charge in [0, 0.05) is 26.2 Å². The zero-order valence-electron chi connectivity index (χ0n) is 12.6. The van der Waals surface area contributed by atoms with Gasteiger partial charge in [-0.3, -0.25) is 4.90 Å². The van der Waals surface area contributed by atoms with Crippen molar-refractivity contribution in [3.8, 4) is 0 Å². The molecule has 3 atom stereocenters. The van der Waals surface area contributed by atoms with Crippen molar-refractivity contribution in [3.63, 3.8) is 0 Å². The fourth-order valence-electron chi connectivity index (χ4n) is 2.97. The monoisotopic (exact) mass is 258 g/mol. The molecular formula is C14H30N2O2. The predicted molar refractivity (Wildman–Crippen MR) is 74.7 cm³/mol. The number of hydrogen-bond donors (Lipinski definition) is 1. The highest BCUT2D eigenvalue weighted by Crippen LogP contribution is 2.30. The smallest absolute Gasteiger partial charge is 0.0675 e. The fourth-order valence-corrected chi connectivity index (χ4v) is 2.97. The van der Waals surface area contributed by atoms with Crippen LogP contribution in [0.15, 0.2) is 0 Å². The lowest BCUT2D eigenvalue weighted by atomic mass is 9.83. The van der Waals surface area contributed by atoms with E-state index < -0.39 is 0 Å². The zero-order chi connectivity index (χ0) is 13.8. The minimum Gasteiger partial charge on any atom is -0.383 e. The van der Waals surface area contributed by atoms with E-state index in [9.17, 15) is 0 Å². The zero-order valence-corrected chi connectivity index (χ0v) is 12.6. The molecule has 4 heteroatoms. The van der Waals surface area contributed by atoms with Crippen molar-refractivity contribution in [1.82, 2.24) is 4.90 Å². The first-order valence-corrected chi connectivity index (χ1v) is 7.09. The number of nitrogens with zero attached hydrogens (tertiary/aromatic N) is 1. The third-order valence-electron chi connectivity index (χ3n) is 4.33. The van der Waals surface area contributed by atoms with Gasteiger partial charge in [0.2, 0.25) is 0 Å². The molecular weight excluding hydrogens is 228 g/mol. The summed E-state index contributed by atoms with van der Waals surface area (Å²) in [6.07, 6.45) is 1.36. The van der Waals surface area contributed by atoms with Crippen LogP contribution in [-0.2, 0) is 9.47 Å². The van der Waals surface area contributed by atoms with Crippen LogP contribution in [0.5, 0.6) is 0 Å². The molecule has 1 aliphatic heterocycles. The van der Waals surface area contributed by atoms with Crippen molar-refractivity contribution in [1.29, 1.82) is 0 Å². The Balaban J connectivity index is 2.99. The summed E-state index contributed by atoms with van der Waals surface area (Å²) in [7, 11) is 1.76. The second kappa shape index (κ2) is 6.85. The van der Waals surface area contributed by atoms with Crippen molar-refractivity contribution in [2.24, 2.45) is 11.7 Å². The van der Waals surface area contributed by atoms with Crippen LogP contribution in [0.25, 0.3) is 0 Å². The molecule has 0 radical (unpaired) electrons. The highest BCUT2D eigenvalue weighted by molar-refractivity contribution is 4.99. The van der Waals surface area contributed by atoms with E-state index in [0.29, 0.717) is 25.1 Å². The number of hydrogen-bond acceptors (Lipinski definition) is 4. The molecule has 1 heterocycles. The lowest BCUT2D eigenvalue weighted by Crippen LogP contribution is -2.67. The van der Waals surface area contributed by atoms with Gasteiger partial charge < -0.3 is 15.2 Å². The molecule has 108 valence electrons. The average Bonchev–Trinajstić information content (AvgIpc) is 2.35. The van der Waals surface area contributed by atoms with E-state index in [4.69, 9.17) is 15.2 Å². The van der Waals surface area contributed by atoms with Crippen LogP contribution in [-0.4, -0.2) is 56.0 Å². The largest absolute Gasteiger partial charge is 0.383 e. The van der Waals surface area contributed by atoms with E-state index in [1.165, 1.54) is 0 Å². The van der Waals surface area contributed by atoms with Crippen molar-refractivity contribution in [2.75, 3.05) is 33.4 Å². The Morgan fingerprint density at radius 2 is 2.17 bits per heavy atom. The van der Waals surface area contributed by atoms with Gasteiger partial charge in [-0.1, -0.05) is 20.8 Å². The Hall–Kier alpha value is -0.160. The molecule has 1 rings (SSSR count). The summed E-state index contributed by atoms with van der Waals surface area (Å²) in [4.78, 5) is 2.54. The normalized spacial score (nSPS) is 29.5.